The van der Waals surface area contributed by atoms with E-state index in [2.05, 4.69) is 9.71 Å². The van der Waals surface area contributed by atoms with Gasteiger partial charge in [-0.2, -0.15) is 0 Å². The van der Waals surface area contributed by atoms with Crippen molar-refractivity contribution in [2.24, 2.45) is 0 Å². The van der Waals surface area contributed by atoms with Crippen LogP contribution in [-0.2, 0) is 20.5 Å². The Hall–Kier alpha value is -1.09. The Morgan fingerprint density at radius 2 is 2.12 bits per heavy atom. The largest absolute Gasteiger partial charge is 0.481 e. The number of hydrogen-bond acceptors (Lipinski definition) is 5. The summed E-state index contributed by atoms with van der Waals surface area (Å²) in [6.07, 6.45) is 2.84. The zero-order chi connectivity index (χ0) is 18.4. The number of aromatic nitrogens is 1. The highest BCUT2D eigenvalue weighted by Crippen LogP contribution is 2.29. The van der Waals surface area contributed by atoms with Crippen LogP contribution >= 0.6 is 0 Å². The Morgan fingerprint density at radius 3 is 2.72 bits per heavy atom. The molecule has 0 aliphatic carbocycles. The summed E-state index contributed by atoms with van der Waals surface area (Å²) in [6.45, 7) is 6.97. The summed E-state index contributed by atoms with van der Waals surface area (Å²) in [4.78, 5) is 3.98. The molecule has 8 heteroatoms. The molecule has 2 unspecified atom stereocenters. The summed E-state index contributed by atoms with van der Waals surface area (Å²) in [6, 6.07) is 0.971. The van der Waals surface area contributed by atoms with Crippen molar-refractivity contribution in [2.75, 3.05) is 20.3 Å². The first kappa shape index (κ1) is 20.2. The molecule has 1 saturated heterocycles. The lowest BCUT2D eigenvalue weighted by Crippen LogP contribution is -2.36. The van der Waals surface area contributed by atoms with Gasteiger partial charge in [-0.1, -0.05) is 0 Å². The van der Waals surface area contributed by atoms with Gasteiger partial charge in [0.15, 0.2) is 6.29 Å². The first-order chi connectivity index (χ1) is 11.8. The maximum absolute atomic E-state index is 13.7. The van der Waals surface area contributed by atoms with E-state index in [4.69, 9.17) is 14.2 Å². The Balaban J connectivity index is 2.18. The third-order valence-corrected chi connectivity index (χ3v) is 5.42. The molecule has 0 saturated carbocycles. The van der Waals surface area contributed by atoms with E-state index in [1.807, 2.05) is 20.8 Å². The van der Waals surface area contributed by atoms with Gasteiger partial charge in [-0.05, 0) is 39.7 Å². The molecule has 2 heterocycles. The van der Waals surface area contributed by atoms with Crippen LogP contribution in [0.4, 0.5) is 4.39 Å². The lowest BCUT2D eigenvalue weighted by Gasteiger charge is -2.28. The molecule has 1 aromatic heterocycles. The average Bonchev–Trinajstić information content (AvgIpc) is 2.58. The van der Waals surface area contributed by atoms with Crippen LogP contribution < -0.4 is 9.46 Å². The van der Waals surface area contributed by atoms with Crippen molar-refractivity contribution >= 4 is 11.0 Å². The molecular weight excluding hydrogens is 347 g/mol. The van der Waals surface area contributed by atoms with Gasteiger partial charge in [0.1, 0.15) is 5.82 Å². The monoisotopic (exact) mass is 374 g/mol. The second kappa shape index (κ2) is 9.02. The van der Waals surface area contributed by atoms with E-state index in [1.54, 1.807) is 0 Å². The zero-order valence-electron chi connectivity index (χ0n) is 15.2. The average molecular weight is 374 g/mol. The van der Waals surface area contributed by atoms with E-state index in [-0.39, 0.29) is 6.29 Å². The summed E-state index contributed by atoms with van der Waals surface area (Å²) in [7, 11) is 0.152. The number of pyridine rings is 1. The van der Waals surface area contributed by atoms with Gasteiger partial charge in [-0.15, -0.1) is 0 Å². The summed E-state index contributed by atoms with van der Waals surface area (Å²) in [5.41, 5.74) is 0.538. The van der Waals surface area contributed by atoms with Crippen LogP contribution in [0.5, 0.6) is 5.88 Å². The second-order valence-corrected chi connectivity index (χ2v) is 8.90. The van der Waals surface area contributed by atoms with Crippen LogP contribution in [0.2, 0.25) is 0 Å². The van der Waals surface area contributed by atoms with Crippen LogP contribution in [0.25, 0.3) is 0 Å². The van der Waals surface area contributed by atoms with E-state index >= 15 is 0 Å². The standard InChI is InChI=1S/C17H27FN2O4S/c1-17(2,3)25(21)20-14(6-7-15-23-8-5-9-24-15)13-10-12(18)11-19-16(13)22-4/h10-11,14-15,20H,5-9H2,1-4H3. The lowest BCUT2D eigenvalue weighted by atomic mass is 10.0. The minimum absolute atomic E-state index is 0.298. The van der Waals surface area contributed by atoms with Gasteiger partial charge in [0.25, 0.3) is 0 Å². The fourth-order valence-corrected chi connectivity index (χ4v) is 3.31. The van der Waals surface area contributed by atoms with Gasteiger partial charge in [0.05, 0.1) is 48.3 Å². The molecule has 6 nitrogen and oxygen atoms in total. The maximum atomic E-state index is 13.7. The van der Waals surface area contributed by atoms with Crippen LogP contribution in [0.3, 0.4) is 0 Å². The van der Waals surface area contributed by atoms with E-state index in [0.717, 1.165) is 12.6 Å². The van der Waals surface area contributed by atoms with Crippen LogP contribution in [0.15, 0.2) is 12.3 Å². The van der Waals surface area contributed by atoms with Crippen molar-refractivity contribution in [1.82, 2.24) is 9.71 Å². The molecule has 25 heavy (non-hydrogen) atoms. The van der Waals surface area contributed by atoms with Gasteiger partial charge in [-0.3, -0.25) is 0 Å². The zero-order valence-corrected chi connectivity index (χ0v) is 16.0. The van der Waals surface area contributed by atoms with Crippen molar-refractivity contribution in [2.45, 2.75) is 57.1 Å². The Kier molecular flexibility index (Phi) is 7.30. The Morgan fingerprint density at radius 1 is 1.44 bits per heavy atom. The van der Waals surface area contributed by atoms with Gasteiger partial charge in [0, 0.05) is 12.0 Å². The molecule has 0 spiro atoms. The molecular formula is C17H27FN2O4S. The maximum Gasteiger partial charge on any atom is 0.218 e. The van der Waals surface area contributed by atoms with Crippen molar-refractivity contribution < 1.29 is 22.8 Å². The minimum atomic E-state index is -1.33. The number of rotatable bonds is 7. The fraction of sp³-hybridized carbons (Fsp3) is 0.706. The molecule has 142 valence electrons. The first-order valence-corrected chi connectivity index (χ1v) is 9.57. The lowest BCUT2D eigenvalue weighted by molar-refractivity contribution is -0.182. The summed E-state index contributed by atoms with van der Waals surface area (Å²) >= 11 is 0. The molecule has 0 aromatic carbocycles. The molecule has 1 aliphatic rings. The number of nitrogens with zero attached hydrogens (tertiary/aromatic N) is 1. The summed E-state index contributed by atoms with van der Waals surface area (Å²) in [5, 5.41) is 0. The predicted molar refractivity (Wildman–Crippen MR) is 94.1 cm³/mol. The quantitative estimate of drug-likeness (QED) is 0.795. The molecule has 1 aromatic rings. The van der Waals surface area contributed by atoms with E-state index in [9.17, 15) is 8.60 Å². The van der Waals surface area contributed by atoms with Crippen LogP contribution in [-0.4, -0.2) is 40.6 Å². The molecule has 1 aliphatic heterocycles. The molecule has 0 bridgehead atoms. The third kappa shape index (κ3) is 5.99. The SMILES string of the molecule is COc1ncc(F)cc1C(CCC1OCCCO1)NS(=O)C(C)(C)C. The van der Waals surface area contributed by atoms with Crippen LogP contribution in [0.1, 0.15) is 51.6 Å². The smallest absolute Gasteiger partial charge is 0.218 e. The first-order valence-electron chi connectivity index (χ1n) is 8.42. The highest BCUT2D eigenvalue weighted by Gasteiger charge is 2.27. The highest BCUT2D eigenvalue weighted by atomic mass is 32.2. The molecule has 0 amide bonds. The van der Waals surface area contributed by atoms with Crippen LogP contribution in [0, 0.1) is 5.82 Å². The Bertz CT molecular complexity index is 589. The van der Waals surface area contributed by atoms with Crippen molar-refractivity contribution in [1.29, 1.82) is 0 Å². The molecule has 1 fully saturated rings. The number of hydrogen-bond donors (Lipinski definition) is 1. The van der Waals surface area contributed by atoms with E-state index < -0.39 is 27.6 Å². The van der Waals surface area contributed by atoms with Crippen molar-refractivity contribution in [3.8, 4) is 5.88 Å². The fourth-order valence-electron chi connectivity index (χ4n) is 2.45. The van der Waals surface area contributed by atoms with E-state index in [1.165, 1.54) is 13.2 Å². The van der Waals surface area contributed by atoms with Gasteiger partial charge >= 0.3 is 0 Å². The van der Waals surface area contributed by atoms with Gasteiger partial charge in [0.2, 0.25) is 5.88 Å². The van der Waals surface area contributed by atoms with Gasteiger partial charge < -0.3 is 14.2 Å². The number of methoxy groups -OCH3 is 1. The van der Waals surface area contributed by atoms with E-state index in [0.29, 0.717) is 37.5 Å². The Labute approximate surface area is 151 Å². The number of halogens is 1. The normalized spacial score (nSPS) is 18.8. The number of nitrogens with one attached hydrogen (secondary N) is 1. The molecule has 2 atom stereocenters. The highest BCUT2D eigenvalue weighted by molar-refractivity contribution is 7.84. The molecule has 2 rings (SSSR count). The number of ether oxygens (including phenoxy) is 3. The summed E-state index contributed by atoms with van der Waals surface area (Å²) in [5.74, 6) is -0.149. The molecule has 1 N–H and O–H groups in total. The second-order valence-electron chi connectivity index (χ2n) is 6.91. The third-order valence-electron chi connectivity index (χ3n) is 3.81. The van der Waals surface area contributed by atoms with Crippen molar-refractivity contribution in [3.63, 3.8) is 0 Å². The minimum Gasteiger partial charge on any atom is -0.481 e. The topological polar surface area (TPSA) is 69.7 Å². The van der Waals surface area contributed by atoms with Gasteiger partial charge in [-0.25, -0.2) is 18.3 Å². The predicted octanol–water partition coefficient (Wildman–Crippen LogP) is 2.87. The molecule has 0 radical (unpaired) electrons. The van der Waals surface area contributed by atoms with Crippen molar-refractivity contribution in [3.05, 3.63) is 23.6 Å². The summed E-state index contributed by atoms with van der Waals surface area (Å²) < 4.78 is 45.3.